The minimum Gasteiger partial charge on any atom is -0.342 e. The maximum Gasteiger partial charge on any atom is 0.251 e. The summed E-state index contributed by atoms with van der Waals surface area (Å²) in [6.07, 6.45) is 0. The molecule has 0 saturated carbocycles. The lowest BCUT2D eigenvalue weighted by molar-refractivity contribution is -0.113. The Hall–Kier alpha value is -3.13. The topological polar surface area (TPSA) is 88.9 Å². The van der Waals surface area contributed by atoms with E-state index in [4.69, 9.17) is 0 Å². The number of nitrogens with zero attached hydrogens (tertiary/aromatic N) is 3. The first-order valence-corrected chi connectivity index (χ1v) is 13.0. The van der Waals surface area contributed by atoms with Crippen molar-refractivity contribution in [3.05, 3.63) is 71.0 Å². The van der Waals surface area contributed by atoms with Crippen molar-refractivity contribution in [2.75, 3.05) is 11.1 Å². The summed E-state index contributed by atoms with van der Waals surface area (Å²) >= 11 is 1.34. The molecule has 0 radical (unpaired) electrons. The number of carbonyl (C=O) groups is 2. The van der Waals surface area contributed by atoms with E-state index in [1.165, 1.54) is 11.8 Å². The van der Waals surface area contributed by atoms with Gasteiger partial charge in [0.15, 0.2) is 11.0 Å². The Bertz CT molecular complexity index is 1150. The van der Waals surface area contributed by atoms with E-state index < -0.39 is 0 Å². The zero-order chi connectivity index (χ0) is 25.5. The second-order valence-corrected chi connectivity index (χ2v) is 10.2. The number of anilines is 1. The van der Waals surface area contributed by atoms with Crippen LogP contribution in [-0.4, -0.2) is 32.3 Å². The van der Waals surface area contributed by atoms with E-state index in [1.54, 1.807) is 0 Å². The predicted molar refractivity (Wildman–Crippen MR) is 142 cm³/mol. The molecular weight excluding hydrogens is 458 g/mol. The molecule has 1 heterocycles. The Morgan fingerprint density at radius 1 is 1.00 bits per heavy atom. The van der Waals surface area contributed by atoms with Crippen LogP contribution in [0.1, 0.15) is 73.9 Å². The lowest BCUT2D eigenvalue weighted by Gasteiger charge is -2.22. The number of benzene rings is 2. The Labute approximate surface area is 212 Å². The molecule has 2 N–H and O–H groups in total. The van der Waals surface area contributed by atoms with Crippen LogP contribution in [0.5, 0.6) is 0 Å². The molecule has 3 rings (SSSR count). The standard InChI is InChI=1S/C27H35N5O2S/c1-7-32-25(24(18(4)5)29-26(34)20-14-12-19(6)13-15-20)30-31-27(32)35-16-23(33)28-22-11-9-8-10-21(22)17(2)3/h8-15,17-18,24H,7,16H2,1-6H3,(H,28,33)(H,29,34)/t24-/m1/s1. The highest BCUT2D eigenvalue weighted by atomic mass is 32.2. The third-order valence-electron chi connectivity index (χ3n) is 5.80. The third kappa shape index (κ3) is 6.72. The van der Waals surface area contributed by atoms with E-state index in [0.717, 1.165) is 16.8 Å². The van der Waals surface area contributed by atoms with E-state index in [9.17, 15) is 9.59 Å². The second kappa shape index (κ2) is 12.0. The third-order valence-corrected chi connectivity index (χ3v) is 6.76. The van der Waals surface area contributed by atoms with Crippen molar-refractivity contribution in [1.29, 1.82) is 0 Å². The molecule has 7 nitrogen and oxygen atoms in total. The van der Waals surface area contributed by atoms with Crippen LogP contribution in [0.2, 0.25) is 0 Å². The lowest BCUT2D eigenvalue weighted by Crippen LogP contribution is -2.33. The van der Waals surface area contributed by atoms with Gasteiger partial charge in [-0.05, 0) is 49.4 Å². The Morgan fingerprint density at radius 3 is 2.31 bits per heavy atom. The summed E-state index contributed by atoms with van der Waals surface area (Å²) in [5.74, 6) is 1.08. The number of para-hydroxylation sites is 1. The zero-order valence-corrected chi connectivity index (χ0v) is 22.1. The van der Waals surface area contributed by atoms with Crippen LogP contribution in [0.15, 0.2) is 53.7 Å². The van der Waals surface area contributed by atoms with Gasteiger partial charge >= 0.3 is 0 Å². The van der Waals surface area contributed by atoms with Gasteiger partial charge in [0.05, 0.1) is 11.8 Å². The molecular formula is C27H35N5O2S. The molecule has 0 aliphatic carbocycles. The zero-order valence-electron chi connectivity index (χ0n) is 21.3. The van der Waals surface area contributed by atoms with Gasteiger partial charge in [-0.3, -0.25) is 9.59 Å². The predicted octanol–water partition coefficient (Wildman–Crippen LogP) is 5.59. The molecule has 2 aromatic carbocycles. The van der Waals surface area contributed by atoms with Crippen molar-refractivity contribution < 1.29 is 9.59 Å². The molecule has 3 aromatic rings. The van der Waals surface area contributed by atoms with Crippen LogP contribution in [0.4, 0.5) is 5.69 Å². The maximum absolute atomic E-state index is 12.9. The van der Waals surface area contributed by atoms with Crippen molar-refractivity contribution in [2.24, 2.45) is 5.92 Å². The molecule has 0 aliphatic heterocycles. The second-order valence-electron chi connectivity index (χ2n) is 9.23. The first kappa shape index (κ1) is 26.5. The normalized spacial score (nSPS) is 12.1. The number of hydrogen-bond acceptors (Lipinski definition) is 5. The minimum absolute atomic E-state index is 0.0941. The molecule has 0 spiro atoms. The Kier molecular flexibility index (Phi) is 9.09. The Balaban J connectivity index is 1.71. The molecule has 1 aromatic heterocycles. The summed E-state index contributed by atoms with van der Waals surface area (Å²) in [5, 5.41) is 15.6. The molecule has 0 unspecified atom stereocenters. The molecule has 0 aliphatic rings. The highest BCUT2D eigenvalue weighted by Crippen LogP contribution is 2.27. The Morgan fingerprint density at radius 2 is 1.69 bits per heavy atom. The van der Waals surface area contributed by atoms with Crippen LogP contribution in [0, 0.1) is 12.8 Å². The summed E-state index contributed by atoms with van der Waals surface area (Å²) < 4.78 is 1.97. The van der Waals surface area contributed by atoms with Gasteiger partial charge in [0, 0.05) is 17.8 Å². The number of amides is 2. The summed E-state index contributed by atoms with van der Waals surface area (Å²) in [6, 6.07) is 15.0. The molecule has 0 fully saturated rings. The SMILES string of the molecule is CCn1c(SCC(=O)Nc2ccccc2C(C)C)nnc1[C@H](NC(=O)c1ccc(C)cc1)C(C)C. The summed E-state index contributed by atoms with van der Waals surface area (Å²) in [5.41, 5.74) is 3.65. The fraction of sp³-hybridized carbons (Fsp3) is 0.407. The lowest BCUT2D eigenvalue weighted by atomic mass is 10.0. The maximum atomic E-state index is 12.9. The summed E-state index contributed by atoms with van der Waals surface area (Å²) in [7, 11) is 0. The molecule has 0 saturated heterocycles. The number of aromatic nitrogens is 3. The van der Waals surface area contributed by atoms with Crippen LogP contribution in [-0.2, 0) is 11.3 Å². The van der Waals surface area contributed by atoms with Gasteiger partial charge in [0.1, 0.15) is 0 Å². The first-order chi connectivity index (χ1) is 16.7. The quantitative estimate of drug-likeness (QED) is 0.360. The summed E-state index contributed by atoms with van der Waals surface area (Å²) in [4.78, 5) is 25.6. The number of carbonyl (C=O) groups excluding carboxylic acids is 2. The van der Waals surface area contributed by atoms with Crippen molar-refractivity contribution >= 4 is 29.3 Å². The molecule has 35 heavy (non-hydrogen) atoms. The number of nitrogens with one attached hydrogen (secondary N) is 2. The molecule has 2 amide bonds. The van der Waals surface area contributed by atoms with Crippen molar-refractivity contribution in [3.63, 3.8) is 0 Å². The fourth-order valence-electron chi connectivity index (χ4n) is 3.82. The van der Waals surface area contributed by atoms with Crippen molar-refractivity contribution in [3.8, 4) is 0 Å². The van der Waals surface area contributed by atoms with Gasteiger partial charge in [-0.15, -0.1) is 10.2 Å². The summed E-state index contributed by atoms with van der Waals surface area (Å²) in [6.45, 7) is 12.9. The van der Waals surface area contributed by atoms with Gasteiger partial charge < -0.3 is 15.2 Å². The van der Waals surface area contributed by atoms with Gasteiger partial charge in [0.25, 0.3) is 5.91 Å². The van der Waals surface area contributed by atoms with Crippen molar-refractivity contribution in [2.45, 2.75) is 65.2 Å². The fourth-order valence-corrected chi connectivity index (χ4v) is 4.63. The highest BCUT2D eigenvalue weighted by molar-refractivity contribution is 7.99. The molecule has 1 atom stereocenters. The first-order valence-electron chi connectivity index (χ1n) is 12.0. The van der Waals surface area contributed by atoms with Gasteiger partial charge in [-0.1, -0.05) is 75.4 Å². The number of hydrogen-bond donors (Lipinski definition) is 2. The minimum atomic E-state index is -0.308. The van der Waals surface area contributed by atoms with Crippen LogP contribution in [0.25, 0.3) is 0 Å². The van der Waals surface area contributed by atoms with Gasteiger partial charge in [-0.25, -0.2) is 0 Å². The number of aryl methyl sites for hydroxylation is 1. The monoisotopic (exact) mass is 493 g/mol. The highest BCUT2D eigenvalue weighted by Gasteiger charge is 2.26. The molecule has 0 bridgehead atoms. The molecule has 186 valence electrons. The largest absolute Gasteiger partial charge is 0.342 e. The van der Waals surface area contributed by atoms with Crippen LogP contribution in [0.3, 0.4) is 0 Å². The van der Waals surface area contributed by atoms with Gasteiger partial charge in [0.2, 0.25) is 5.91 Å². The van der Waals surface area contributed by atoms with Gasteiger partial charge in [-0.2, -0.15) is 0 Å². The van der Waals surface area contributed by atoms with Crippen LogP contribution >= 0.6 is 11.8 Å². The average molecular weight is 494 g/mol. The van der Waals surface area contributed by atoms with E-state index in [-0.39, 0.29) is 29.5 Å². The average Bonchev–Trinajstić information content (AvgIpc) is 3.24. The van der Waals surface area contributed by atoms with E-state index in [2.05, 4.69) is 34.7 Å². The number of rotatable bonds is 10. The molecule has 8 heteroatoms. The van der Waals surface area contributed by atoms with Crippen LogP contribution < -0.4 is 10.6 Å². The van der Waals surface area contributed by atoms with E-state index in [1.807, 2.05) is 80.8 Å². The smallest absolute Gasteiger partial charge is 0.251 e. The van der Waals surface area contributed by atoms with E-state index in [0.29, 0.717) is 29.0 Å². The van der Waals surface area contributed by atoms with Crippen molar-refractivity contribution in [1.82, 2.24) is 20.1 Å². The number of thioether (sulfide) groups is 1. The van der Waals surface area contributed by atoms with E-state index >= 15 is 0 Å².